The number of hydrogen-bond acceptors (Lipinski definition) is 34. The van der Waals surface area contributed by atoms with Crippen LogP contribution >= 0.6 is 58.3 Å². The van der Waals surface area contributed by atoms with Gasteiger partial charge in [-0.2, -0.15) is 10.5 Å². The molecule has 14 aliphatic rings. The molecule has 5 N–H and O–H groups in total. The van der Waals surface area contributed by atoms with Crippen molar-refractivity contribution in [3.63, 3.8) is 0 Å². The largest absolute Gasteiger partial charge is 0.514 e. The Balaban J connectivity index is 0.000000178. The first kappa shape index (κ1) is 92.3. The number of hydrogen-bond donors (Lipinski definition) is 5. The van der Waals surface area contributed by atoms with Gasteiger partial charge in [-0.25, -0.2) is 19.2 Å². The van der Waals surface area contributed by atoms with E-state index in [1.165, 1.54) is 52.0 Å². The van der Waals surface area contributed by atoms with Crippen LogP contribution < -0.4 is 62.7 Å². The Morgan fingerprint density at radius 1 is 0.527 bits per heavy atom. The van der Waals surface area contributed by atoms with E-state index in [9.17, 15) is 49.8 Å². The van der Waals surface area contributed by atoms with Gasteiger partial charge in [-0.15, -0.1) is 46.7 Å². The Labute approximate surface area is 769 Å². The number of thioether (sulfide) groups is 2. The second-order valence-corrected chi connectivity index (χ2v) is 39.2. The van der Waals surface area contributed by atoms with Gasteiger partial charge in [-0.3, -0.25) is 39.8 Å². The van der Waals surface area contributed by atoms with E-state index in [1.54, 1.807) is 72.7 Å². The Kier molecular flexibility index (Phi) is 25.5. The monoisotopic (exact) mass is 1870 g/mol. The minimum atomic E-state index is -1.47. The summed E-state index contributed by atoms with van der Waals surface area (Å²) in [5.41, 5.74) is 6.48. The summed E-state index contributed by atoms with van der Waals surface area (Å²) in [5.74, 6) is 2.42. The number of carbonyl (C=O) groups excluding carboxylic acids is 6. The molecule has 0 aliphatic carbocycles. The average molecular weight is 1880 g/mol. The Morgan fingerprint density at radius 3 is 1.34 bits per heavy atom. The number of halogens is 3. The fourth-order valence-corrected chi connectivity index (χ4v) is 25.0. The SMILES string of the molecule is COc1cc2c(cc1OC(=O)OC(C)(C)C)CCN[C@]21CS[C@@H]2c3c(O)c(C)c4c(c3[C@H](COC1=O)N1C2[C@H]2c3c(cc(C)c(OC)c3O)C[C@@H]([C@@H]1C#N)N2C)OCO4.COc1cc2c(cc1OC(=O)OC(C)(C)C)CCN[C@]21CS[C@@H]2c3c(OC(=O)CCCl)c(C)c4c(c3[C@H](COC1=O)N1C2[C@H]2c3c(cc(C)c(OC)c3O)C[C@@H]([C@@H]1C#N)N2C)OCO4.O=C(Cl)CCCl. The van der Waals surface area contributed by atoms with Crippen molar-refractivity contribution in [2.45, 2.75) is 201 Å². The second-order valence-electron chi connectivity index (χ2n) is 35.8. The van der Waals surface area contributed by atoms with E-state index in [2.05, 4.69) is 42.4 Å². The van der Waals surface area contributed by atoms with Crippen LogP contribution in [0.2, 0.25) is 0 Å². The van der Waals surface area contributed by atoms with Crippen LogP contribution in [-0.2, 0) is 74.9 Å². The summed E-state index contributed by atoms with van der Waals surface area (Å²) in [6, 6.07) is 10.4. The molecular weight excluding hydrogens is 1770 g/mol. The van der Waals surface area contributed by atoms with Gasteiger partial charge in [0.15, 0.2) is 80.1 Å². The molecule has 2 spiro atoms. The third-order valence-corrected chi connectivity index (χ3v) is 29.9. The molecule has 4 fully saturated rings. The lowest BCUT2D eigenvalue weighted by atomic mass is 9.71. The van der Waals surface area contributed by atoms with Crippen LogP contribution in [0.15, 0.2) is 36.4 Å². The van der Waals surface area contributed by atoms with E-state index in [4.69, 9.17) is 106 Å². The van der Waals surface area contributed by atoms with Gasteiger partial charge in [0.05, 0.1) is 81.7 Å². The molecule has 688 valence electrons. The van der Waals surface area contributed by atoms with Gasteiger partial charge in [-0.05, 0) is 189 Å². The van der Waals surface area contributed by atoms with Crippen LogP contribution in [0.25, 0.3) is 0 Å². The number of esters is 3. The van der Waals surface area contributed by atoms with Gasteiger partial charge in [0.25, 0.3) is 0 Å². The highest BCUT2D eigenvalue weighted by Crippen LogP contribution is 2.68. The highest BCUT2D eigenvalue weighted by atomic mass is 35.5. The van der Waals surface area contributed by atoms with Crippen molar-refractivity contribution in [3.05, 3.63) is 125 Å². The maximum absolute atomic E-state index is 15.1. The molecule has 20 rings (SSSR count). The zero-order valence-electron chi connectivity index (χ0n) is 74.3. The van der Waals surface area contributed by atoms with Crippen molar-refractivity contribution in [1.82, 2.24) is 30.2 Å². The molecule has 37 heteroatoms. The summed E-state index contributed by atoms with van der Waals surface area (Å²) < 4.78 is 89.0. The molecule has 129 heavy (non-hydrogen) atoms. The predicted octanol–water partition coefficient (Wildman–Crippen LogP) is 13.0. The number of phenols is 3. The summed E-state index contributed by atoms with van der Waals surface area (Å²) in [6.45, 7) is 18.0. The number of phenolic OH excluding ortho intramolecular Hbond substituents is 3. The number of piperazine rings is 2. The average Bonchev–Trinajstić information content (AvgIpc) is 1.69. The normalized spacial score (nSPS) is 26.4. The minimum absolute atomic E-state index is 0.0132. The van der Waals surface area contributed by atoms with Gasteiger partial charge < -0.3 is 86.4 Å². The number of aromatic hydroxyl groups is 3. The number of ether oxygens (including phenoxy) is 15. The van der Waals surface area contributed by atoms with Crippen LogP contribution in [-0.4, -0.2) is 224 Å². The van der Waals surface area contributed by atoms with Gasteiger partial charge in [-0.1, -0.05) is 12.1 Å². The van der Waals surface area contributed by atoms with Crippen molar-refractivity contribution in [2.24, 2.45) is 0 Å². The molecule has 6 aromatic rings. The highest BCUT2D eigenvalue weighted by Gasteiger charge is 2.65. The number of methoxy groups -OCH3 is 4. The summed E-state index contributed by atoms with van der Waals surface area (Å²) in [5, 5.41) is 64.4. The van der Waals surface area contributed by atoms with E-state index in [0.29, 0.717) is 135 Å². The third-order valence-electron chi connectivity index (χ3n) is 26.3. The van der Waals surface area contributed by atoms with Crippen molar-refractivity contribution in [1.29, 1.82) is 10.5 Å². The van der Waals surface area contributed by atoms with Crippen molar-refractivity contribution >= 4 is 93.8 Å². The second kappa shape index (κ2) is 35.6. The number of likely N-dealkylation sites (N-methyl/N-ethyl adjacent to an activating group) is 2. The molecule has 8 bridgehead atoms. The standard InChI is InChI=1S/C46H51ClN4O12S.C43H48N4O11S.C3H4Cl2O/c1-21-13-24-14-26-27(17-48)51-28-18-58-43(54)46(25-16-29(56-7)30(15-23(25)10-12-49-46)61-44(55)63-45(3,4)5)19-64-42(36(51)35(50(26)6)32(24)37(53)38(21)57-8)34-33(28)41-40(59-20-60-41)22(2)39(34)62-31(52)9-11-47;1-19-11-22-12-24-25(15-44)47-26-16-54-40(50)43(23-14-27(52-7)28(13-21(23)9-10-45-43)57-41(51)58-42(3,4)5)17-59-39(31-30(26)38-37(55-18-56-38)20(2)34(31)48)33(47)32(46(24)6)29(22)35(49)36(19)53-8;4-2-1-3(5)6/h13,15-16,26-28,35-36,42,49,53H,9-12,14,18-20H2,1-8H3;11,13-14,24-26,32-33,39,45,48-49H,9-10,12,16-18H2,1-8H3;1-2H2/t26-,27-,28-,35+,36?,42+,46+;24-,25-,26-,32+,33?,39+,43+;/m00./s1. The molecular formula is C92H103Cl3N8O24S2. The Bertz CT molecular complexity index is 5680. The molecule has 14 aliphatic heterocycles. The molecule has 14 atom stereocenters. The van der Waals surface area contributed by atoms with E-state index in [-0.39, 0.29) is 120 Å². The zero-order chi connectivity index (χ0) is 92.4. The lowest BCUT2D eigenvalue weighted by Gasteiger charge is -2.62. The number of benzene rings is 6. The first-order valence-electron chi connectivity index (χ1n) is 42.5. The molecule has 4 saturated heterocycles. The van der Waals surface area contributed by atoms with Crippen LogP contribution in [0.4, 0.5) is 9.59 Å². The maximum atomic E-state index is 15.1. The minimum Gasteiger partial charge on any atom is -0.507 e. The summed E-state index contributed by atoms with van der Waals surface area (Å²) >= 11 is 18.9. The van der Waals surface area contributed by atoms with E-state index in [1.807, 2.05) is 47.0 Å². The van der Waals surface area contributed by atoms with Gasteiger partial charge in [0.2, 0.25) is 18.8 Å². The molecule has 0 saturated carbocycles. The zero-order valence-corrected chi connectivity index (χ0v) is 78.2. The molecule has 2 unspecified atom stereocenters. The maximum Gasteiger partial charge on any atom is 0.514 e. The molecule has 0 radical (unpaired) electrons. The number of nitrogens with one attached hydrogen (secondary N) is 2. The Hall–Kier alpha value is -9.95. The summed E-state index contributed by atoms with van der Waals surface area (Å²) in [6.07, 6.45) is 0.346. The lowest BCUT2D eigenvalue weighted by Crippen LogP contribution is -2.69. The number of fused-ring (bicyclic) bond motifs is 18. The van der Waals surface area contributed by atoms with Crippen molar-refractivity contribution < 1.29 is 115 Å². The number of carbonyl (C=O) groups is 6. The van der Waals surface area contributed by atoms with Crippen LogP contribution in [0.1, 0.15) is 178 Å². The fraction of sp³-hybridized carbons (Fsp3) is 0.522. The number of aryl methyl sites for hydroxylation is 2. The van der Waals surface area contributed by atoms with Crippen molar-refractivity contribution in [3.8, 4) is 92.6 Å². The van der Waals surface area contributed by atoms with Crippen LogP contribution in [0, 0.1) is 50.4 Å². The third kappa shape index (κ3) is 15.7. The summed E-state index contributed by atoms with van der Waals surface area (Å²) in [7, 11) is 9.92. The van der Waals surface area contributed by atoms with E-state index < -0.39 is 111 Å². The Morgan fingerprint density at radius 2 is 0.946 bits per heavy atom. The van der Waals surface area contributed by atoms with E-state index >= 15 is 4.79 Å². The molecule has 0 amide bonds. The molecule has 14 heterocycles. The van der Waals surface area contributed by atoms with Crippen LogP contribution in [0.3, 0.4) is 0 Å². The number of nitrogens with zero attached hydrogens (tertiary/aromatic N) is 6. The number of alkyl halides is 2. The highest BCUT2D eigenvalue weighted by molar-refractivity contribution is 7.99. The lowest BCUT2D eigenvalue weighted by molar-refractivity contribution is -0.158. The first-order chi connectivity index (χ1) is 61.5. The van der Waals surface area contributed by atoms with E-state index in [0.717, 1.165) is 33.4 Å². The molecule has 32 nitrogen and oxygen atoms in total. The first-order valence-corrected chi connectivity index (χ1v) is 46.0. The predicted molar refractivity (Wildman–Crippen MR) is 473 cm³/mol. The topological polar surface area (TPSA) is 386 Å². The molecule has 6 aromatic carbocycles. The molecule has 0 aromatic heterocycles. The summed E-state index contributed by atoms with van der Waals surface area (Å²) in [4.78, 5) is 87.6. The number of rotatable bonds is 11. The van der Waals surface area contributed by atoms with Crippen molar-refractivity contribution in [2.75, 3.05) is 106 Å². The fourth-order valence-electron chi connectivity index (χ4n) is 21.1. The van der Waals surface area contributed by atoms with Gasteiger partial charge in [0.1, 0.15) is 48.0 Å². The van der Waals surface area contributed by atoms with Gasteiger partial charge >= 0.3 is 30.2 Å². The van der Waals surface area contributed by atoms with Crippen LogP contribution in [0.5, 0.6) is 80.5 Å². The van der Waals surface area contributed by atoms with Gasteiger partial charge in [0, 0.05) is 111 Å². The smallest absolute Gasteiger partial charge is 0.507 e. The number of nitriles is 2. The quantitative estimate of drug-likeness (QED) is 0.0201.